The van der Waals surface area contributed by atoms with Crippen LogP contribution in [0.4, 0.5) is 0 Å². The van der Waals surface area contributed by atoms with Crippen LogP contribution in [0.15, 0.2) is 200 Å². The Morgan fingerprint density at radius 3 is 1.19 bits per heavy atom. The van der Waals surface area contributed by atoms with Gasteiger partial charge in [-0.3, -0.25) is 0 Å². The summed E-state index contributed by atoms with van der Waals surface area (Å²) in [6, 6.07) is 54.7. The van der Waals surface area contributed by atoms with Crippen LogP contribution in [0.5, 0.6) is 0 Å². The first-order valence-electron chi connectivity index (χ1n) is 19.6. The van der Waals surface area contributed by atoms with Gasteiger partial charge in [0.2, 0.25) is 0 Å². The summed E-state index contributed by atoms with van der Waals surface area (Å²) in [4.78, 5) is 15.0. The van der Waals surface area contributed by atoms with Gasteiger partial charge in [0, 0.05) is 16.7 Å². The van der Waals surface area contributed by atoms with E-state index in [1.807, 2.05) is 97.1 Å². The van der Waals surface area contributed by atoms with Crippen LogP contribution in [0.25, 0.3) is 89.4 Å². The van der Waals surface area contributed by atoms with E-state index in [0.29, 0.717) is 28.6 Å². The monoisotopic (exact) mass is 668 g/mol. The van der Waals surface area contributed by atoms with Gasteiger partial charge in [-0.2, -0.15) is 0 Å². The molecule has 0 atom stereocenters. The molecule has 8 aromatic carbocycles. The van der Waals surface area contributed by atoms with E-state index in [1.165, 1.54) is 0 Å². The quantitative estimate of drug-likeness (QED) is 0.170. The van der Waals surface area contributed by atoms with E-state index in [-0.39, 0.29) is 17.6 Å². The summed E-state index contributed by atoms with van der Waals surface area (Å²) in [5, 5.41) is 2.12. The minimum absolute atomic E-state index is 0.103. The lowest BCUT2D eigenvalue weighted by molar-refractivity contribution is 1.07. The first kappa shape index (κ1) is 25.9. The fourth-order valence-electron chi connectivity index (χ4n) is 6.49. The maximum Gasteiger partial charge on any atom is 0.164 e. The molecule has 0 saturated carbocycles. The smallest absolute Gasteiger partial charge is 0.164 e. The van der Waals surface area contributed by atoms with Gasteiger partial charge in [-0.05, 0) is 85.6 Å². The summed E-state index contributed by atoms with van der Waals surface area (Å²) in [6.45, 7) is 0. The van der Waals surface area contributed by atoms with E-state index in [1.54, 1.807) is 6.07 Å². The van der Waals surface area contributed by atoms with Crippen LogP contribution in [-0.2, 0) is 0 Å². The van der Waals surface area contributed by atoms with Gasteiger partial charge in [-0.1, -0.05) is 170 Å². The molecule has 244 valence electrons. The lowest BCUT2D eigenvalue weighted by Crippen LogP contribution is -2.00. The molecule has 0 N–H and O–H groups in total. The predicted molar refractivity (Wildman–Crippen MR) is 215 cm³/mol. The Kier molecular flexibility index (Phi) is 6.85. The van der Waals surface area contributed by atoms with Gasteiger partial charge in [-0.25, -0.2) is 15.0 Å². The molecule has 3 heteroatoms. The van der Waals surface area contributed by atoms with Crippen molar-refractivity contribution in [2.45, 2.75) is 0 Å². The van der Waals surface area contributed by atoms with Crippen molar-refractivity contribution < 1.29 is 6.85 Å². The van der Waals surface area contributed by atoms with Crippen molar-refractivity contribution in [2.24, 2.45) is 0 Å². The molecular weight excluding hydrogens is 631 g/mol. The van der Waals surface area contributed by atoms with Crippen molar-refractivity contribution in [1.29, 1.82) is 0 Å². The Morgan fingerprint density at radius 1 is 0.269 bits per heavy atom. The molecule has 0 unspecified atom stereocenters. The summed E-state index contributed by atoms with van der Waals surface area (Å²) in [7, 11) is 0. The molecule has 0 amide bonds. The van der Waals surface area contributed by atoms with Crippen LogP contribution in [0.2, 0.25) is 0 Å². The molecule has 1 heterocycles. The Balaban J connectivity index is 1.23. The largest absolute Gasteiger partial charge is 0.208 e. The molecule has 0 aliphatic heterocycles. The maximum atomic E-state index is 8.88. The van der Waals surface area contributed by atoms with Crippen molar-refractivity contribution in [1.82, 2.24) is 15.0 Å². The van der Waals surface area contributed by atoms with E-state index in [4.69, 9.17) is 21.8 Å². The summed E-state index contributed by atoms with van der Waals surface area (Å²) >= 11 is 0. The van der Waals surface area contributed by atoms with E-state index >= 15 is 0 Å². The van der Waals surface area contributed by atoms with Gasteiger partial charge in [0.15, 0.2) is 17.5 Å². The van der Waals surface area contributed by atoms with Gasteiger partial charge in [-0.15, -0.1) is 0 Å². The SMILES string of the molecule is [2H]c1c([2H])c([2H])c(-c2cc(-c3ccc4cc(-c5ccccc5)ccc4c3)cc(-c3nc(-c4ccccc4)nc(-c4ccc(-c5ccccc5)cc4)n3)c2)c([2H])c1[2H]. The first-order valence-corrected chi connectivity index (χ1v) is 17.1. The van der Waals surface area contributed by atoms with E-state index in [2.05, 4.69) is 66.7 Å². The Bertz CT molecular complexity index is 2910. The molecule has 1 aromatic heterocycles. The third kappa shape index (κ3) is 6.39. The number of nitrogens with zero attached hydrogens (tertiary/aromatic N) is 3. The van der Waals surface area contributed by atoms with Crippen LogP contribution in [0.1, 0.15) is 6.85 Å². The number of hydrogen-bond acceptors (Lipinski definition) is 3. The molecular formula is C49H33N3. The number of benzene rings is 8. The molecule has 9 rings (SSSR count). The van der Waals surface area contributed by atoms with Crippen LogP contribution in [-0.4, -0.2) is 15.0 Å². The summed E-state index contributed by atoms with van der Waals surface area (Å²) in [6.07, 6.45) is 0. The number of fused-ring (bicyclic) bond motifs is 1. The molecule has 0 fully saturated rings. The maximum absolute atomic E-state index is 8.88. The minimum Gasteiger partial charge on any atom is -0.208 e. The molecule has 0 spiro atoms. The fourth-order valence-corrected chi connectivity index (χ4v) is 6.49. The predicted octanol–water partition coefficient (Wildman–Crippen LogP) is 12.7. The van der Waals surface area contributed by atoms with Gasteiger partial charge < -0.3 is 0 Å². The third-order valence-electron chi connectivity index (χ3n) is 9.18. The van der Waals surface area contributed by atoms with Crippen molar-refractivity contribution >= 4 is 10.8 Å². The zero-order valence-corrected chi connectivity index (χ0v) is 28.0. The van der Waals surface area contributed by atoms with Gasteiger partial charge in [0.1, 0.15) is 0 Å². The zero-order valence-electron chi connectivity index (χ0n) is 33.0. The van der Waals surface area contributed by atoms with E-state index < -0.39 is 18.1 Å². The highest BCUT2D eigenvalue weighted by Crippen LogP contribution is 2.35. The topological polar surface area (TPSA) is 38.7 Å². The van der Waals surface area contributed by atoms with Crippen molar-refractivity contribution in [3.8, 4) is 78.7 Å². The van der Waals surface area contributed by atoms with E-state index in [9.17, 15) is 0 Å². The summed E-state index contributed by atoms with van der Waals surface area (Å²) in [5.74, 6) is 1.35. The highest BCUT2D eigenvalue weighted by atomic mass is 15.0. The van der Waals surface area contributed by atoms with Gasteiger partial charge in [0.05, 0.1) is 6.85 Å². The zero-order chi connectivity index (χ0) is 39.0. The molecule has 0 saturated heterocycles. The number of aromatic nitrogens is 3. The lowest BCUT2D eigenvalue weighted by atomic mass is 9.94. The highest BCUT2D eigenvalue weighted by Gasteiger charge is 2.15. The normalized spacial score (nSPS) is 12.4. The summed E-state index contributed by atoms with van der Waals surface area (Å²) in [5.41, 5.74) is 8.88. The Morgan fingerprint density at radius 2 is 0.635 bits per heavy atom. The highest BCUT2D eigenvalue weighted by molar-refractivity contribution is 5.92. The molecule has 0 aliphatic rings. The molecule has 0 aliphatic carbocycles. The van der Waals surface area contributed by atoms with Gasteiger partial charge >= 0.3 is 0 Å². The molecule has 52 heavy (non-hydrogen) atoms. The Labute approximate surface area is 310 Å². The number of hydrogen-bond donors (Lipinski definition) is 0. The average Bonchev–Trinajstić information content (AvgIpc) is 3.28. The van der Waals surface area contributed by atoms with Gasteiger partial charge in [0.25, 0.3) is 0 Å². The standard InChI is InChI=1S/C49H33N3/c1-5-13-34(14-6-1)37-21-23-39(24-22-37)48-50-47(38-19-11-4-12-20-38)51-49(52-48)46-32-44(36-17-9-3-10-18-36)31-45(33-46)43-28-27-41-29-40(25-26-42(41)30-43)35-15-7-2-8-16-35/h1-33H/i3D,9D,10D,17D,18D. The molecule has 3 nitrogen and oxygen atoms in total. The third-order valence-corrected chi connectivity index (χ3v) is 9.18. The summed E-state index contributed by atoms with van der Waals surface area (Å²) < 4.78 is 42.9. The molecule has 0 bridgehead atoms. The minimum atomic E-state index is -0.442. The van der Waals surface area contributed by atoms with Crippen LogP contribution >= 0.6 is 0 Å². The second-order valence-electron chi connectivity index (χ2n) is 12.6. The molecule has 0 radical (unpaired) electrons. The lowest BCUT2D eigenvalue weighted by Gasteiger charge is -2.13. The van der Waals surface area contributed by atoms with Crippen molar-refractivity contribution in [3.63, 3.8) is 0 Å². The Hall–Kier alpha value is -6.97. The van der Waals surface area contributed by atoms with Crippen molar-refractivity contribution in [2.75, 3.05) is 0 Å². The average molecular weight is 669 g/mol. The second-order valence-corrected chi connectivity index (χ2v) is 12.6. The fraction of sp³-hybridized carbons (Fsp3) is 0. The van der Waals surface area contributed by atoms with Crippen LogP contribution in [0.3, 0.4) is 0 Å². The number of rotatable bonds is 7. The van der Waals surface area contributed by atoms with Crippen LogP contribution in [0, 0.1) is 0 Å². The first-order chi connectivity index (χ1) is 27.8. The van der Waals surface area contributed by atoms with Crippen molar-refractivity contribution in [3.05, 3.63) is 200 Å². The van der Waals surface area contributed by atoms with Crippen LogP contribution < -0.4 is 0 Å². The molecule has 9 aromatic rings. The van der Waals surface area contributed by atoms with E-state index in [0.717, 1.165) is 55.3 Å². The second kappa shape index (κ2) is 13.7.